The van der Waals surface area contributed by atoms with E-state index in [-0.39, 0.29) is 27.6 Å². The number of imidazole rings is 1. The molecule has 3 rings (SSSR count). The number of hydrogen-bond donors (Lipinski definition) is 1. The van der Waals surface area contributed by atoms with Crippen LogP contribution in [-0.4, -0.2) is 29.6 Å². The standard InChI is InChI=1S/C19H18FN3O3S/c1-2-11-27(25,26)18-6-4-3-5-15(18)19(24)22-14-7-8-17(16(20)12-14)23-10-9-21-13-23/h3-10,12-13H,2,11H2,1H3,(H,22,24). The summed E-state index contributed by atoms with van der Waals surface area (Å²) in [5, 5.41) is 2.56. The molecule has 0 aliphatic carbocycles. The molecule has 3 aromatic rings. The normalized spacial score (nSPS) is 11.3. The number of aromatic nitrogens is 2. The van der Waals surface area contributed by atoms with Gasteiger partial charge in [-0.15, -0.1) is 0 Å². The lowest BCUT2D eigenvalue weighted by Crippen LogP contribution is -2.18. The number of carbonyl (C=O) groups excluding carboxylic acids is 1. The lowest BCUT2D eigenvalue weighted by atomic mass is 10.2. The maximum absolute atomic E-state index is 14.3. The van der Waals surface area contributed by atoms with E-state index >= 15 is 0 Å². The maximum atomic E-state index is 14.3. The number of anilines is 1. The van der Waals surface area contributed by atoms with Gasteiger partial charge in [0.05, 0.1) is 28.2 Å². The lowest BCUT2D eigenvalue weighted by molar-refractivity contribution is 0.102. The Morgan fingerprint density at radius 2 is 2.00 bits per heavy atom. The molecule has 0 radical (unpaired) electrons. The third kappa shape index (κ3) is 4.06. The molecule has 1 aromatic heterocycles. The van der Waals surface area contributed by atoms with E-state index in [9.17, 15) is 17.6 Å². The SMILES string of the molecule is CCCS(=O)(=O)c1ccccc1C(=O)Nc1ccc(-n2ccnc2)c(F)c1. The Bertz CT molecular complexity index is 1060. The highest BCUT2D eigenvalue weighted by atomic mass is 32.2. The molecule has 8 heteroatoms. The van der Waals surface area contributed by atoms with Crippen LogP contribution in [0.5, 0.6) is 0 Å². The third-order valence-corrected chi connectivity index (χ3v) is 5.90. The minimum absolute atomic E-state index is 0.0279. The van der Waals surface area contributed by atoms with Gasteiger partial charge in [-0.05, 0) is 36.8 Å². The number of sulfone groups is 1. The monoisotopic (exact) mass is 387 g/mol. The Morgan fingerprint density at radius 3 is 2.67 bits per heavy atom. The summed E-state index contributed by atoms with van der Waals surface area (Å²) in [6.45, 7) is 1.75. The molecule has 0 bridgehead atoms. The van der Waals surface area contributed by atoms with Crippen molar-refractivity contribution in [1.29, 1.82) is 0 Å². The van der Waals surface area contributed by atoms with Crippen molar-refractivity contribution in [2.75, 3.05) is 11.1 Å². The van der Waals surface area contributed by atoms with Gasteiger partial charge in [0.2, 0.25) is 0 Å². The Morgan fingerprint density at radius 1 is 1.22 bits per heavy atom. The van der Waals surface area contributed by atoms with E-state index in [1.54, 1.807) is 31.3 Å². The van der Waals surface area contributed by atoms with Gasteiger partial charge in [-0.25, -0.2) is 17.8 Å². The summed E-state index contributed by atoms with van der Waals surface area (Å²) < 4.78 is 40.6. The van der Waals surface area contributed by atoms with Crippen molar-refractivity contribution in [2.24, 2.45) is 0 Å². The van der Waals surface area contributed by atoms with Crippen LogP contribution in [0.25, 0.3) is 5.69 Å². The quantitative estimate of drug-likeness (QED) is 0.702. The van der Waals surface area contributed by atoms with E-state index in [4.69, 9.17) is 0 Å². The van der Waals surface area contributed by atoms with E-state index in [0.29, 0.717) is 6.42 Å². The van der Waals surface area contributed by atoms with Crippen LogP contribution >= 0.6 is 0 Å². The van der Waals surface area contributed by atoms with Gasteiger partial charge in [-0.1, -0.05) is 19.1 Å². The van der Waals surface area contributed by atoms with Crippen LogP contribution in [0, 0.1) is 5.82 Å². The highest BCUT2D eigenvalue weighted by molar-refractivity contribution is 7.91. The van der Waals surface area contributed by atoms with Crippen LogP contribution in [0.3, 0.4) is 0 Å². The van der Waals surface area contributed by atoms with Crippen molar-refractivity contribution in [3.8, 4) is 5.69 Å². The van der Waals surface area contributed by atoms with E-state index in [2.05, 4.69) is 10.3 Å². The van der Waals surface area contributed by atoms with Gasteiger partial charge in [-0.2, -0.15) is 0 Å². The van der Waals surface area contributed by atoms with Crippen molar-refractivity contribution in [3.05, 3.63) is 72.6 Å². The zero-order chi connectivity index (χ0) is 19.4. The van der Waals surface area contributed by atoms with E-state index in [1.807, 2.05) is 0 Å². The topological polar surface area (TPSA) is 81.1 Å². The molecule has 27 heavy (non-hydrogen) atoms. The van der Waals surface area contributed by atoms with Crippen molar-refractivity contribution >= 4 is 21.4 Å². The van der Waals surface area contributed by atoms with Gasteiger partial charge >= 0.3 is 0 Å². The molecule has 1 heterocycles. The molecule has 0 saturated carbocycles. The summed E-state index contributed by atoms with van der Waals surface area (Å²) in [6.07, 6.45) is 5.04. The Hall–Kier alpha value is -3.00. The molecule has 6 nitrogen and oxygen atoms in total. The molecule has 0 aliphatic rings. The molecule has 140 valence electrons. The Kier molecular flexibility index (Phi) is 5.36. The number of carbonyl (C=O) groups is 1. The molecule has 2 aromatic carbocycles. The second kappa shape index (κ2) is 7.71. The van der Waals surface area contributed by atoms with Crippen molar-refractivity contribution in [1.82, 2.24) is 9.55 Å². The first kappa shape index (κ1) is 18.8. The summed E-state index contributed by atoms with van der Waals surface area (Å²) in [4.78, 5) is 16.4. The number of hydrogen-bond acceptors (Lipinski definition) is 4. The van der Waals surface area contributed by atoms with Gasteiger partial charge in [0.15, 0.2) is 9.84 Å². The summed E-state index contributed by atoms with van der Waals surface area (Å²) in [7, 11) is -3.57. The zero-order valence-corrected chi connectivity index (χ0v) is 15.4. The molecule has 0 atom stereocenters. The van der Waals surface area contributed by atoms with Crippen molar-refractivity contribution in [2.45, 2.75) is 18.2 Å². The average Bonchev–Trinajstić information content (AvgIpc) is 3.16. The molecular weight excluding hydrogens is 369 g/mol. The first-order valence-corrected chi connectivity index (χ1v) is 9.98. The summed E-state index contributed by atoms with van der Waals surface area (Å²) >= 11 is 0. The lowest BCUT2D eigenvalue weighted by Gasteiger charge is -2.11. The third-order valence-electron chi connectivity index (χ3n) is 3.93. The minimum Gasteiger partial charge on any atom is -0.322 e. The number of benzene rings is 2. The van der Waals surface area contributed by atoms with E-state index in [1.165, 1.54) is 41.4 Å². The summed E-state index contributed by atoms with van der Waals surface area (Å²) in [5.41, 5.74) is 0.547. The number of amides is 1. The molecule has 1 amide bonds. The second-order valence-electron chi connectivity index (χ2n) is 5.91. The van der Waals surface area contributed by atoms with Gasteiger partial charge < -0.3 is 9.88 Å². The van der Waals surface area contributed by atoms with E-state index < -0.39 is 21.6 Å². The molecule has 0 spiro atoms. The van der Waals surface area contributed by atoms with Gasteiger partial charge in [0.25, 0.3) is 5.91 Å². The fourth-order valence-electron chi connectivity index (χ4n) is 2.70. The highest BCUT2D eigenvalue weighted by Gasteiger charge is 2.21. The van der Waals surface area contributed by atoms with Crippen LogP contribution in [-0.2, 0) is 9.84 Å². The molecule has 1 N–H and O–H groups in total. The Balaban J connectivity index is 1.88. The van der Waals surface area contributed by atoms with Crippen LogP contribution in [0.1, 0.15) is 23.7 Å². The molecule has 0 fully saturated rings. The van der Waals surface area contributed by atoms with Crippen molar-refractivity contribution in [3.63, 3.8) is 0 Å². The van der Waals surface area contributed by atoms with Gasteiger partial charge in [0.1, 0.15) is 5.82 Å². The maximum Gasteiger partial charge on any atom is 0.256 e. The fourth-order valence-corrected chi connectivity index (χ4v) is 4.24. The van der Waals surface area contributed by atoms with Crippen LogP contribution in [0.15, 0.2) is 66.1 Å². The van der Waals surface area contributed by atoms with Gasteiger partial charge in [-0.3, -0.25) is 4.79 Å². The van der Waals surface area contributed by atoms with Crippen LogP contribution < -0.4 is 5.32 Å². The smallest absolute Gasteiger partial charge is 0.256 e. The largest absolute Gasteiger partial charge is 0.322 e. The van der Waals surface area contributed by atoms with Crippen LogP contribution in [0.4, 0.5) is 10.1 Å². The first-order valence-electron chi connectivity index (χ1n) is 8.33. The highest BCUT2D eigenvalue weighted by Crippen LogP contribution is 2.22. The fraction of sp³-hybridized carbons (Fsp3) is 0.158. The number of nitrogens with one attached hydrogen (secondary N) is 1. The molecular formula is C19H18FN3O3S. The number of rotatable bonds is 6. The predicted octanol–water partition coefficient (Wildman–Crippen LogP) is 3.45. The molecule has 0 unspecified atom stereocenters. The number of halogens is 1. The minimum atomic E-state index is -3.57. The Labute approximate surface area is 156 Å². The second-order valence-corrected chi connectivity index (χ2v) is 7.98. The zero-order valence-electron chi connectivity index (χ0n) is 14.6. The average molecular weight is 387 g/mol. The van der Waals surface area contributed by atoms with Crippen molar-refractivity contribution < 1.29 is 17.6 Å². The summed E-state index contributed by atoms with van der Waals surface area (Å²) in [5.74, 6) is -1.20. The van der Waals surface area contributed by atoms with E-state index in [0.717, 1.165) is 0 Å². The van der Waals surface area contributed by atoms with Gasteiger partial charge in [0, 0.05) is 18.1 Å². The molecule has 0 saturated heterocycles. The predicted molar refractivity (Wildman–Crippen MR) is 100 cm³/mol. The number of nitrogens with zero attached hydrogens (tertiary/aromatic N) is 2. The summed E-state index contributed by atoms with van der Waals surface area (Å²) in [6, 6.07) is 10.2. The first-order chi connectivity index (χ1) is 12.9. The van der Waals surface area contributed by atoms with Crippen LogP contribution in [0.2, 0.25) is 0 Å². The molecule has 0 aliphatic heterocycles.